The Morgan fingerprint density at radius 2 is 1.97 bits per heavy atom. The number of halogens is 1. The highest BCUT2D eigenvalue weighted by molar-refractivity contribution is 7.98. The summed E-state index contributed by atoms with van der Waals surface area (Å²) in [6.45, 7) is 6.82. The maximum Gasteiger partial charge on any atom is 0.230 e. The van der Waals surface area contributed by atoms with Crippen LogP contribution < -0.4 is 14.4 Å². The minimum Gasteiger partial charge on any atom is -0.490 e. The number of fused-ring (bicyclic) bond motifs is 1. The summed E-state index contributed by atoms with van der Waals surface area (Å²) < 4.78 is 11.5. The van der Waals surface area contributed by atoms with E-state index in [1.807, 2.05) is 49.6 Å². The Kier molecular flexibility index (Phi) is 6.74. The molecule has 0 spiro atoms. The van der Waals surface area contributed by atoms with Gasteiger partial charge in [0.15, 0.2) is 16.6 Å². The van der Waals surface area contributed by atoms with Gasteiger partial charge in [0.2, 0.25) is 5.91 Å². The van der Waals surface area contributed by atoms with E-state index in [1.165, 1.54) is 18.3 Å². The zero-order chi connectivity index (χ0) is 22.0. The number of hydrogen-bond acceptors (Lipinski definition) is 6. The smallest absolute Gasteiger partial charge is 0.230 e. The van der Waals surface area contributed by atoms with Gasteiger partial charge < -0.3 is 9.47 Å². The number of carbonyl (C=O) groups is 1. The second-order valence-electron chi connectivity index (χ2n) is 7.34. The highest BCUT2D eigenvalue weighted by atomic mass is 35.5. The fourth-order valence-electron chi connectivity index (χ4n) is 3.44. The molecule has 0 unspecified atom stereocenters. The van der Waals surface area contributed by atoms with Crippen LogP contribution in [0.25, 0.3) is 0 Å². The molecule has 0 aliphatic carbocycles. The number of rotatable bonds is 5. The Hall–Kier alpha value is -2.22. The van der Waals surface area contributed by atoms with Crippen LogP contribution in [-0.2, 0) is 10.5 Å². The first-order valence-corrected chi connectivity index (χ1v) is 12.2. The average molecular weight is 475 g/mol. The monoisotopic (exact) mass is 474 g/mol. The van der Waals surface area contributed by atoms with Crippen LogP contribution in [0, 0.1) is 13.8 Å². The molecular weight excluding hydrogens is 452 g/mol. The number of thioether (sulfide) groups is 1. The van der Waals surface area contributed by atoms with Gasteiger partial charge in [-0.1, -0.05) is 17.7 Å². The summed E-state index contributed by atoms with van der Waals surface area (Å²) in [5.41, 5.74) is 3.60. The minimum absolute atomic E-state index is 0.120. The zero-order valence-corrected chi connectivity index (χ0v) is 20.0. The topological polar surface area (TPSA) is 51.7 Å². The SMILES string of the molecule is CC(=O)N(c1nc(CSc2ccc3c(c2)OCCCO3)cs1)c1c(C)cc(C)cc1Cl. The largest absolute Gasteiger partial charge is 0.490 e. The van der Waals surface area contributed by atoms with Gasteiger partial charge in [0, 0.05) is 29.4 Å². The molecule has 0 radical (unpaired) electrons. The molecule has 1 aliphatic heterocycles. The van der Waals surface area contributed by atoms with Crippen LogP contribution in [-0.4, -0.2) is 24.1 Å². The summed E-state index contributed by atoms with van der Waals surface area (Å²) in [5, 5.41) is 3.15. The van der Waals surface area contributed by atoms with Crippen molar-refractivity contribution in [3.63, 3.8) is 0 Å². The molecule has 0 saturated carbocycles. The van der Waals surface area contributed by atoms with Gasteiger partial charge in [-0.05, 0) is 49.2 Å². The number of aryl methyl sites for hydroxylation is 2. The lowest BCUT2D eigenvalue weighted by Gasteiger charge is -2.22. The number of nitrogens with zero attached hydrogens (tertiary/aromatic N) is 2. The van der Waals surface area contributed by atoms with Crippen LogP contribution in [0.3, 0.4) is 0 Å². The van der Waals surface area contributed by atoms with Crippen molar-refractivity contribution in [3.05, 3.63) is 57.6 Å². The number of ether oxygens (including phenoxy) is 2. The fourth-order valence-corrected chi connectivity index (χ4v) is 5.64. The van der Waals surface area contributed by atoms with Crippen molar-refractivity contribution in [3.8, 4) is 11.5 Å². The van der Waals surface area contributed by atoms with E-state index >= 15 is 0 Å². The molecule has 5 nitrogen and oxygen atoms in total. The molecule has 1 amide bonds. The molecule has 0 fully saturated rings. The molecule has 162 valence electrons. The summed E-state index contributed by atoms with van der Waals surface area (Å²) in [6, 6.07) is 9.88. The number of carbonyl (C=O) groups excluding carboxylic acids is 1. The Labute approximate surface area is 195 Å². The Balaban J connectivity index is 1.52. The summed E-state index contributed by atoms with van der Waals surface area (Å²) in [4.78, 5) is 19.9. The van der Waals surface area contributed by atoms with Crippen LogP contribution in [0.1, 0.15) is 30.2 Å². The lowest BCUT2D eigenvalue weighted by molar-refractivity contribution is -0.115. The molecule has 31 heavy (non-hydrogen) atoms. The molecule has 0 saturated heterocycles. The van der Waals surface area contributed by atoms with Crippen molar-refractivity contribution in [1.29, 1.82) is 0 Å². The first-order chi connectivity index (χ1) is 14.9. The summed E-state index contributed by atoms with van der Waals surface area (Å²) in [5.74, 6) is 2.14. The maximum absolute atomic E-state index is 12.5. The van der Waals surface area contributed by atoms with E-state index in [2.05, 4.69) is 0 Å². The number of aromatic nitrogens is 1. The third-order valence-electron chi connectivity index (χ3n) is 4.77. The van der Waals surface area contributed by atoms with Gasteiger partial charge in [0.05, 0.1) is 29.6 Å². The minimum atomic E-state index is -0.120. The molecule has 0 atom stereocenters. The molecule has 3 aromatic rings. The van der Waals surface area contributed by atoms with Crippen molar-refractivity contribution in [2.75, 3.05) is 18.1 Å². The van der Waals surface area contributed by atoms with Crippen LogP contribution in [0.5, 0.6) is 11.5 Å². The van der Waals surface area contributed by atoms with Gasteiger partial charge in [-0.15, -0.1) is 23.1 Å². The van der Waals surface area contributed by atoms with Crippen LogP contribution in [0.4, 0.5) is 10.8 Å². The first kappa shape index (κ1) is 22.0. The standard InChI is InChI=1S/C23H23ClN2O3S2/c1-14-9-15(2)22(19(24)10-14)26(16(3)27)23-25-17(13-31-23)12-30-18-5-6-20-21(11-18)29-8-4-7-28-20/h5-6,9-11,13H,4,7-8,12H2,1-3H3. The van der Waals surface area contributed by atoms with E-state index < -0.39 is 0 Å². The molecular formula is C23H23ClN2O3S2. The third-order valence-corrected chi connectivity index (χ3v) is 6.96. The molecule has 0 bridgehead atoms. The van der Waals surface area contributed by atoms with Crippen LogP contribution >= 0.6 is 34.7 Å². The molecule has 2 heterocycles. The highest BCUT2D eigenvalue weighted by Gasteiger charge is 2.22. The van der Waals surface area contributed by atoms with Crippen molar-refractivity contribution < 1.29 is 14.3 Å². The molecule has 2 aromatic carbocycles. The lowest BCUT2D eigenvalue weighted by atomic mass is 10.1. The van der Waals surface area contributed by atoms with E-state index in [0.29, 0.717) is 34.8 Å². The van der Waals surface area contributed by atoms with E-state index in [1.54, 1.807) is 16.7 Å². The average Bonchev–Trinajstić information content (AvgIpc) is 3.05. The quantitative estimate of drug-likeness (QED) is 0.392. The number of benzene rings is 2. The Morgan fingerprint density at radius 3 is 2.71 bits per heavy atom. The third kappa shape index (κ3) is 5.00. The van der Waals surface area contributed by atoms with E-state index in [4.69, 9.17) is 26.1 Å². The fraction of sp³-hybridized carbons (Fsp3) is 0.304. The van der Waals surface area contributed by atoms with Gasteiger partial charge in [-0.2, -0.15) is 0 Å². The van der Waals surface area contributed by atoms with E-state index in [9.17, 15) is 4.79 Å². The van der Waals surface area contributed by atoms with Gasteiger partial charge in [0.25, 0.3) is 0 Å². The van der Waals surface area contributed by atoms with Gasteiger partial charge in [-0.25, -0.2) is 4.98 Å². The van der Waals surface area contributed by atoms with Crippen LogP contribution in [0.2, 0.25) is 5.02 Å². The Morgan fingerprint density at radius 1 is 1.19 bits per heavy atom. The predicted molar refractivity (Wildman–Crippen MR) is 127 cm³/mol. The zero-order valence-electron chi connectivity index (χ0n) is 17.6. The highest BCUT2D eigenvalue weighted by Crippen LogP contribution is 2.39. The molecule has 1 aromatic heterocycles. The molecule has 0 N–H and O–H groups in total. The predicted octanol–water partition coefficient (Wildman–Crippen LogP) is 6.55. The van der Waals surface area contributed by atoms with Gasteiger partial charge >= 0.3 is 0 Å². The van der Waals surface area contributed by atoms with Crippen molar-refractivity contribution >= 4 is 51.4 Å². The number of hydrogen-bond donors (Lipinski definition) is 0. The van der Waals surface area contributed by atoms with Crippen LogP contribution in [0.15, 0.2) is 40.6 Å². The van der Waals surface area contributed by atoms with E-state index in [0.717, 1.165) is 39.6 Å². The second kappa shape index (κ2) is 9.51. The molecule has 8 heteroatoms. The normalized spacial score (nSPS) is 13.0. The number of anilines is 2. The van der Waals surface area contributed by atoms with Gasteiger partial charge in [-0.3, -0.25) is 9.69 Å². The molecule has 1 aliphatic rings. The second-order valence-corrected chi connectivity index (χ2v) is 9.63. The first-order valence-electron chi connectivity index (χ1n) is 9.96. The summed E-state index contributed by atoms with van der Waals surface area (Å²) >= 11 is 9.61. The Bertz CT molecular complexity index is 1090. The number of amides is 1. The summed E-state index contributed by atoms with van der Waals surface area (Å²) in [6.07, 6.45) is 0.885. The number of thiazole rings is 1. The molecule has 4 rings (SSSR count). The van der Waals surface area contributed by atoms with Crippen molar-refractivity contribution in [1.82, 2.24) is 4.98 Å². The van der Waals surface area contributed by atoms with Crippen molar-refractivity contribution in [2.24, 2.45) is 0 Å². The van der Waals surface area contributed by atoms with Crippen molar-refractivity contribution in [2.45, 2.75) is 37.8 Å². The lowest BCUT2D eigenvalue weighted by Crippen LogP contribution is -2.24. The van der Waals surface area contributed by atoms with Gasteiger partial charge in [0.1, 0.15) is 0 Å². The van der Waals surface area contributed by atoms with E-state index in [-0.39, 0.29) is 5.91 Å². The maximum atomic E-state index is 12.5. The summed E-state index contributed by atoms with van der Waals surface area (Å²) in [7, 11) is 0.